The van der Waals surface area contributed by atoms with Gasteiger partial charge in [0.05, 0.1) is 0 Å². The number of rotatable bonds is 0. The fourth-order valence-corrected chi connectivity index (χ4v) is 0. The topological polar surface area (TPSA) is 0 Å². The molecule has 4 heteroatoms. The minimum atomic E-state index is 0. The molecule has 0 N–H and O–H groups in total. The van der Waals surface area contributed by atoms with Crippen LogP contribution in [0.2, 0.25) is 0 Å². The van der Waals surface area contributed by atoms with Gasteiger partial charge >= 0.3 is 0 Å². The van der Waals surface area contributed by atoms with Crippen molar-refractivity contribution in [3.05, 3.63) is 0 Å². The third kappa shape index (κ3) is 8.94. The van der Waals surface area contributed by atoms with E-state index in [1.165, 1.54) is 0 Å². The number of hydrogen-bond donors (Lipinski definition) is 0. The van der Waals surface area contributed by atoms with Crippen LogP contribution in [0.15, 0.2) is 0 Å². The van der Waals surface area contributed by atoms with Gasteiger partial charge in [0, 0.05) is 96.7 Å². The van der Waals surface area contributed by atoms with E-state index in [0.29, 0.717) is 0 Å². The summed E-state index contributed by atoms with van der Waals surface area (Å²) in [5, 5.41) is 0. The Hall–Kier alpha value is 3.16. The molecule has 0 aromatic rings. The Morgan fingerprint density at radius 2 is 0.500 bits per heavy atom. The Labute approximate surface area is 94.6 Å². The molecule has 0 spiro atoms. The molecular weight excluding hydrogens is 376 g/mol. The van der Waals surface area contributed by atoms with Gasteiger partial charge in [-0.15, -0.1) is 0 Å². The summed E-state index contributed by atoms with van der Waals surface area (Å²) >= 11 is 0. The quantitative estimate of drug-likeness (QED) is 0.469. The van der Waals surface area contributed by atoms with E-state index in [2.05, 4.69) is 0 Å². The molecule has 21 valence electrons. The third-order valence-corrected chi connectivity index (χ3v) is 0. The van der Waals surface area contributed by atoms with E-state index in [0.717, 1.165) is 0 Å². The van der Waals surface area contributed by atoms with Crippen LogP contribution in [0.1, 0.15) is 0 Å². The first-order valence-electron chi connectivity index (χ1n) is 0. The van der Waals surface area contributed by atoms with Crippen LogP contribution < -0.4 is 0 Å². The largest absolute Gasteiger partial charge is 0 e. The molecule has 0 rings (SSSR count). The van der Waals surface area contributed by atoms with Gasteiger partial charge in [-0.1, -0.05) is 0 Å². The molecule has 0 aromatic carbocycles. The standard InChI is InChI=1S/Er.3Ga. The fourth-order valence-electron chi connectivity index (χ4n) is 0. The van der Waals surface area contributed by atoms with Gasteiger partial charge in [0.1, 0.15) is 0 Å². The van der Waals surface area contributed by atoms with Crippen molar-refractivity contribution < 1.29 is 37.3 Å². The second-order valence-electron chi connectivity index (χ2n) is 0. The van der Waals surface area contributed by atoms with Crippen LogP contribution in [0.3, 0.4) is 0 Å². The first-order chi connectivity index (χ1) is 0. The molecule has 0 saturated carbocycles. The zero-order valence-corrected chi connectivity index (χ0v) is 11.1. The predicted molar refractivity (Wildman–Crippen MR) is 17.3 cm³/mol. The summed E-state index contributed by atoms with van der Waals surface area (Å²) in [4.78, 5) is 0. The molecule has 0 unspecified atom stereocenters. The van der Waals surface area contributed by atoms with Crippen LogP contribution in [0.4, 0.5) is 0 Å². The van der Waals surface area contributed by atoms with E-state index in [9.17, 15) is 0 Å². The molecular formula is ErGa3. The first kappa shape index (κ1) is 27.2. The van der Waals surface area contributed by atoms with Crippen molar-refractivity contribution in [3.8, 4) is 0 Å². The molecule has 0 atom stereocenters. The molecule has 9 radical (unpaired) electrons. The summed E-state index contributed by atoms with van der Waals surface area (Å²) < 4.78 is 0. The maximum Gasteiger partial charge on any atom is 0 e. The maximum atomic E-state index is 0. The Morgan fingerprint density at radius 1 is 0.500 bits per heavy atom. The van der Waals surface area contributed by atoms with E-state index in [1.54, 1.807) is 0 Å². The van der Waals surface area contributed by atoms with Gasteiger partial charge < -0.3 is 0 Å². The van der Waals surface area contributed by atoms with Crippen molar-refractivity contribution in [2.24, 2.45) is 0 Å². The molecule has 0 aromatic heterocycles. The molecule has 0 bridgehead atoms. The molecule has 0 fully saturated rings. The van der Waals surface area contributed by atoms with Gasteiger partial charge in [-0.25, -0.2) is 0 Å². The van der Waals surface area contributed by atoms with Crippen molar-refractivity contribution in [2.45, 2.75) is 0 Å². The molecule has 0 nitrogen and oxygen atoms in total. The van der Waals surface area contributed by atoms with E-state index in [4.69, 9.17) is 0 Å². The van der Waals surface area contributed by atoms with Gasteiger partial charge in [0.15, 0.2) is 0 Å². The molecule has 0 heterocycles. The smallest absolute Gasteiger partial charge is 0 e. The van der Waals surface area contributed by atoms with Crippen molar-refractivity contribution in [3.63, 3.8) is 0 Å². The second-order valence-corrected chi connectivity index (χ2v) is 0. The van der Waals surface area contributed by atoms with Crippen LogP contribution in [0.25, 0.3) is 0 Å². The van der Waals surface area contributed by atoms with Gasteiger partial charge in [-0.2, -0.15) is 0 Å². The maximum absolute atomic E-state index is 0. The second kappa shape index (κ2) is 16.4. The van der Waals surface area contributed by atoms with E-state index < -0.39 is 0 Å². The third-order valence-electron chi connectivity index (χ3n) is 0. The monoisotopic (exact) mass is 373 g/mol. The normalized spacial score (nSPS) is 0. The molecule has 0 aliphatic carbocycles. The SMILES string of the molecule is [Er].[Ga].[Ga].[Ga]. The summed E-state index contributed by atoms with van der Waals surface area (Å²) in [5.74, 6) is 0. The minimum Gasteiger partial charge on any atom is 0 e. The number of hydrogen-bond acceptors (Lipinski definition) is 0. The summed E-state index contributed by atoms with van der Waals surface area (Å²) in [5.41, 5.74) is 0. The molecule has 4 heavy (non-hydrogen) atoms. The van der Waals surface area contributed by atoms with Gasteiger partial charge in [-0.3, -0.25) is 0 Å². The molecule has 0 amide bonds. The predicted octanol–water partition coefficient (Wildman–Crippen LogP) is -1.14. The summed E-state index contributed by atoms with van der Waals surface area (Å²) in [6, 6.07) is 0. The Balaban J connectivity index is 0. The average molecular weight is 376 g/mol. The zero-order valence-electron chi connectivity index (χ0n) is 2.02. The fraction of sp³-hybridized carbons (Fsp3) is 0. The van der Waals surface area contributed by atoms with E-state index in [1.807, 2.05) is 0 Å². The van der Waals surface area contributed by atoms with E-state index >= 15 is 0 Å². The molecule has 0 aliphatic heterocycles. The zero-order chi connectivity index (χ0) is 0. The van der Waals surface area contributed by atoms with E-state index in [-0.39, 0.29) is 96.7 Å². The Morgan fingerprint density at radius 3 is 0.500 bits per heavy atom. The molecule has 0 aliphatic rings. The van der Waals surface area contributed by atoms with Crippen LogP contribution in [0, 0.1) is 37.3 Å². The van der Waals surface area contributed by atoms with Crippen LogP contribution in [-0.4, -0.2) is 59.4 Å². The first-order valence-corrected chi connectivity index (χ1v) is 0. The van der Waals surface area contributed by atoms with Gasteiger partial charge in [0.2, 0.25) is 0 Å². The average Bonchev–Trinajstić information content (AvgIpc) is 0. The van der Waals surface area contributed by atoms with Crippen molar-refractivity contribution in [2.75, 3.05) is 0 Å². The van der Waals surface area contributed by atoms with Crippen molar-refractivity contribution in [1.29, 1.82) is 0 Å². The van der Waals surface area contributed by atoms with Crippen molar-refractivity contribution >= 4 is 59.4 Å². The summed E-state index contributed by atoms with van der Waals surface area (Å²) in [7, 11) is 0. The minimum absolute atomic E-state index is 0. The Bertz CT molecular complexity index is 3.25. The van der Waals surface area contributed by atoms with Crippen LogP contribution in [-0.2, 0) is 0 Å². The van der Waals surface area contributed by atoms with Gasteiger partial charge in [-0.05, 0) is 0 Å². The summed E-state index contributed by atoms with van der Waals surface area (Å²) in [6.07, 6.45) is 0. The molecule has 0 saturated heterocycles. The van der Waals surface area contributed by atoms with Gasteiger partial charge in [0.25, 0.3) is 0 Å². The van der Waals surface area contributed by atoms with Crippen LogP contribution in [0.5, 0.6) is 0 Å². The Kier molecular flexibility index (Phi) is 112. The summed E-state index contributed by atoms with van der Waals surface area (Å²) in [6.45, 7) is 0. The van der Waals surface area contributed by atoms with Crippen molar-refractivity contribution in [1.82, 2.24) is 0 Å². The van der Waals surface area contributed by atoms with Crippen LogP contribution >= 0.6 is 0 Å².